The van der Waals surface area contributed by atoms with Gasteiger partial charge in [-0.1, -0.05) is 0 Å². The number of hydrogen-bond donors (Lipinski definition) is 4. The second-order valence-corrected chi connectivity index (χ2v) is 3.33. The summed E-state index contributed by atoms with van der Waals surface area (Å²) in [4.78, 5) is 23.3. The van der Waals surface area contributed by atoms with Crippen LogP contribution in [0.15, 0.2) is 0 Å². The number of morpholine rings is 1. The number of nitrogens with two attached hydrogens (primary N) is 1. The number of carbonyl (C=O) groups excluding carboxylic acids is 1. The molecule has 0 aliphatic carbocycles. The van der Waals surface area contributed by atoms with E-state index in [2.05, 4.69) is 0 Å². The molecule has 0 radical (unpaired) electrons. The van der Waals surface area contributed by atoms with Crippen LogP contribution >= 0.6 is 0 Å². The van der Waals surface area contributed by atoms with Crippen LogP contribution in [0.25, 0.3) is 0 Å². The van der Waals surface area contributed by atoms with E-state index >= 15 is 0 Å². The van der Waals surface area contributed by atoms with E-state index in [1.165, 1.54) is 4.90 Å². The van der Waals surface area contributed by atoms with Crippen LogP contribution in [0.2, 0.25) is 0 Å². The average molecular weight is 233 g/mol. The number of ether oxygens (including phenoxy) is 1. The van der Waals surface area contributed by atoms with Gasteiger partial charge >= 0.3 is 5.97 Å². The second-order valence-electron chi connectivity index (χ2n) is 3.33. The fourth-order valence-corrected chi connectivity index (χ4v) is 1.40. The molecular formula is C8H15N3O5. The molecule has 0 aromatic rings. The SMILES string of the molecule is NCC(=O)NC(O)(C(=O)O)N1CCOCC1. The number of nitrogens with one attached hydrogen (secondary N) is 1. The van der Waals surface area contributed by atoms with Crippen LogP contribution in [-0.2, 0) is 14.3 Å². The van der Waals surface area contributed by atoms with Gasteiger partial charge in [-0.3, -0.25) is 4.79 Å². The Kier molecular flexibility index (Phi) is 4.19. The fraction of sp³-hybridized carbons (Fsp3) is 0.750. The van der Waals surface area contributed by atoms with E-state index in [1.54, 1.807) is 0 Å². The maximum Gasteiger partial charge on any atom is 0.374 e. The standard InChI is InChI=1S/C8H15N3O5/c9-5-6(12)10-8(15,7(13)14)11-1-3-16-4-2-11/h15H,1-5,9H2,(H,10,12)(H,13,14). The summed E-state index contributed by atoms with van der Waals surface area (Å²) in [5, 5.41) is 20.8. The molecule has 0 bridgehead atoms. The van der Waals surface area contributed by atoms with E-state index in [0.717, 1.165) is 0 Å². The van der Waals surface area contributed by atoms with Crippen molar-refractivity contribution in [1.82, 2.24) is 10.2 Å². The highest BCUT2D eigenvalue weighted by molar-refractivity contribution is 5.86. The summed E-state index contributed by atoms with van der Waals surface area (Å²) in [5.41, 5.74) is 5.05. The Balaban J connectivity index is 2.77. The average Bonchev–Trinajstić information content (AvgIpc) is 2.29. The highest BCUT2D eigenvalue weighted by atomic mass is 16.5. The molecule has 0 aromatic heterocycles. The Morgan fingerprint density at radius 1 is 1.44 bits per heavy atom. The van der Waals surface area contributed by atoms with Crippen molar-refractivity contribution in [3.05, 3.63) is 0 Å². The van der Waals surface area contributed by atoms with Crippen LogP contribution in [0.5, 0.6) is 0 Å². The van der Waals surface area contributed by atoms with Crippen molar-refractivity contribution in [3.8, 4) is 0 Å². The van der Waals surface area contributed by atoms with E-state index < -0.39 is 17.7 Å². The van der Waals surface area contributed by atoms with Gasteiger partial charge in [0.2, 0.25) is 5.91 Å². The van der Waals surface area contributed by atoms with Gasteiger partial charge in [-0.2, -0.15) is 0 Å². The first kappa shape index (κ1) is 12.8. The summed E-state index contributed by atoms with van der Waals surface area (Å²) in [6.45, 7) is 0.642. The quantitative estimate of drug-likeness (QED) is 0.384. The molecule has 1 rings (SSSR count). The van der Waals surface area contributed by atoms with Gasteiger partial charge in [0.05, 0.1) is 19.8 Å². The third kappa shape index (κ3) is 2.67. The maximum atomic E-state index is 11.1. The van der Waals surface area contributed by atoms with Crippen LogP contribution in [0.1, 0.15) is 0 Å². The van der Waals surface area contributed by atoms with Gasteiger partial charge in [0.25, 0.3) is 5.85 Å². The lowest BCUT2D eigenvalue weighted by Crippen LogP contribution is -2.68. The molecule has 8 heteroatoms. The number of carbonyl (C=O) groups is 2. The number of hydrogen-bond acceptors (Lipinski definition) is 6. The van der Waals surface area contributed by atoms with Crippen molar-refractivity contribution in [1.29, 1.82) is 0 Å². The molecule has 92 valence electrons. The predicted molar refractivity (Wildman–Crippen MR) is 52.2 cm³/mol. The highest BCUT2D eigenvalue weighted by Gasteiger charge is 2.44. The van der Waals surface area contributed by atoms with Crippen molar-refractivity contribution in [2.45, 2.75) is 5.85 Å². The zero-order valence-electron chi connectivity index (χ0n) is 8.68. The summed E-state index contributed by atoms with van der Waals surface area (Å²) in [5.74, 6) is -4.70. The maximum absolute atomic E-state index is 11.1. The van der Waals surface area contributed by atoms with Gasteiger partial charge in [0, 0.05) is 13.1 Å². The molecule has 1 atom stereocenters. The van der Waals surface area contributed by atoms with Crippen molar-refractivity contribution < 1.29 is 24.5 Å². The van der Waals surface area contributed by atoms with Gasteiger partial charge < -0.3 is 26.0 Å². The summed E-state index contributed by atoms with van der Waals surface area (Å²) in [6.07, 6.45) is 0. The van der Waals surface area contributed by atoms with E-state index in [4.69, 9.17) is 15.6 Å². The first-order valence-corrected chi connectivity index (χ1v) is 4.80. The Labute approximate surface area is 92.0 Å². The molecule has 1 fully saturated rings. The number of aliphatic hydroxyl groups is 1. The Hall–Kier alpha value is -1.22. The number of nitrogens with zero attached hydrogens (tertiary/aromatic N) is 1. The Morgan fingerprint density at radius 2 is 2.00 bits per heavy atom. The largest absolute Gasteiger partial charge is 0.477 e. The molecule has 0 aromatic carbocycles. The topological polar surface area (TPSA) is 125 Å². The van der Waals surface area contributed by atoms with Gasteiger partial charge in [-0.25, -0.2) is 9.69 Å². The normalized spacial score (nSPS) is 21.1. The minimum absolute atomic E-state index is 0.216. The van der Waals surface area contributed by atoms with Crippen molar-refractivity contribution in [2.75, 3.05) is 32.8 Å². The van der Waals surface area contributed by atoms with Gasteiger partial charge in [0.1, 0.15) is 0 Å². The number of amides is 1. The van der Waals surface area contributed by atoms with Crippen LogP contribution in [-0.4, -0.2) is 65.7 Å². The third-order valence-electron chi connectivity index (χ3n) is 2.27. The van der Waals surface area contributed by atoms with E-state index in [-0.39, 0.29) is 19.6 Å². The molecule has 1 amide bonds. The molecule has 1 aliphatic rings. The summed E-state index contributed by atoms with van der Waals surface area (Å²) < 4.78 is 5.02. The molecule has 0 spiro atoms. The number of carboxylic acids is 1. The molecule has 1 heterocycles. The lowest BCUT2D eigenvalue weighted by molar-refractivity contribution is -0.201. The molecule has 0 saturated carbocycles. The zero-order valence-corrected chi connectivity index (χ0v) is 8.68. The zero-order chi connectivity index (χ0) is 12.2. The summed E-state index contributed by atoms with van der Waals surface area (Å²) in [6, 6.07) is 0. The molecular weight excluding hydrogens is 218 g/mol. The van der Waals surface area contributed by atoms with Crippen molar-refractivity contribution >= 4 is 11.9 Å². The van der Waals surface area contributed by atoms with Gasteiger partial charge in [0.15, 0.2) is 0 Å². The molecule has 5 N–H and O–H groups in total. The molecule has 1 unspecified atom stereocenters. The first-order valence-electron chi connectivity index (χ1n) is 4.80. The van der Waals surface area contributed by atoms with E-state index in [0.29, 0.717) is 13.2 Å². The van der Waals surface area contributed by atoms with Gasteiger partial charge in [-0.15, -0.1) is 0 Å². The van der Waals surface area contributed by atoms with Gasteiger partial charge in [-0.05, 0) is 0 Å². The second kappa shape index (κ2) is 5.21. The molecule has 16 heavy (non-hydrogen) atoms. The summed E-state index contributed by atoms with van der Waals surface area (Å²) >= 11 is 0. The van der Waals surface area contributed by atoms with E-state index in [9.17, 15) is 14.7 Å². The van der Waals surface area contributed by atoms with Crippen LogP contribution in [0.3, 0.4) is 0 Å². The highest BCUT2D eigenvalue weighted by Crippen LogP contribution is 2.11. The minimum atomic E-state index is -2.42. The monoisotopic (exact) mass is 233 g/mol. The van der Waals surface area contributed by atoms with Crippen LogP contribution < -0.4 is 11.1 Å². The molecule has 1 aliphatic heterocycles. The van der Waals surface area contributed by atoms with E-state index in [1.807, 2.05) is 5.32 Å². The van der Waals surface area contributed by atoms with Crippen LogP contribution in [0, 0.1) is 0 Å². The van der Waals surface area contributed by atoms with Crippen LogP contribution in [0.4, 0.5) is 0 Å². The number of aliphatic carboxylic acids is 1. The summed E-state index contributed by atoms with van der Waals surface area (Å²) in [7, 11) is 0. The minimum Gasteiger partial charge on any atom is -0.477 e. The molecule has 1 saturated heterocycles. The third-order valence-corrected chi connectivity index (χ3v) is 2.27. The number of carboxylic acid groups (broad SMARTS) is 1. The Bertz CT molecular complexity index is 279. The first-order chi connectivity index (χ1) is 7.50. The lowest BCUT2D eigenvalue weighted by atomic mass is 10.3. The Morgan fingerprint density at radius 3 is 2.44 bits per heavy atom. The smallest absolute Gasteiger partial charge is 0.374 e. The van der Waals surface area contributed by atoms with Crippen molar-refractivity contribution in [2.24, 2.45) is 5.73 Å². The predicted octanol–water partition coefficient (Wildman–Crippen LogP) is -2.88. The van der Waals surface area contributed by atoms with Crippen molar-refractivity contribution in [3.63, 3.8) is 0 Å². The number of rotatable bonds is 4. The molecule has 8 nitrogen and oxygen atoms in total. The lowest BCUT2D eigenvalue weighted by Gasteiger charge is -2.38. The fourth-order valence-electron chi connectivity index (χ4n) is 1.40.